The van der Waals surface area contributed by atoms with Crippen molar-refractivity contribution in [1.82, 2.24) is 0 Å². The summed E-state index contributed by atoms with van der Waals surface area (Å²) in [6.45, 7) is 6.31. The van der Waals surface area contributed by atoms with Gasteiger partial charge in [-0.1, -0.05) is 13.8 Å². The predicted molar refractivity (Wildman–Crippen MR) is 101 cm³/mol. The Morgan fingerprint density at radius 3 is 2.59 bits per heavy atom. The van der Waals surface area contributed by atoms with Crippen LogP contribution in [-0.4, -0.2) is 35.0 Å². The molecule has 0 amide bonds. The molecule has 7 heteroatoms. The monoisotopic (exact) mass is 404 g/mol. The maximum absolute atomic E-state index is 11.1. The number of fused-ring (bicyclic) bond motifs is 2. The van der Waals surface area contributed by atoms with Crippen molar-refractivity contribution < 1.29 is 33.9 Å². The molecule has 29 heavy (non-hydrogen) atoms. The lowest BCUT2D eigenvalue weighted by atomic mass is 9.58. The molecule has 5 fully saturated rings. The molecular formula is C22H28O7. The van der Waals surface area contributed by atoms with Gasteiger partial charge in [0.05, 0.1) is 5.56 Å². The summed E-state index contributed by atoms with van der Waals surface area (Å²) in [6, 6.07) is 6.40. The van der Waals surface area contributed by atoms with E-state index in [4.69, 9.17) is 29.1 Å². The van der Waals surface area contributed by atoms with Crippen molar-refractivity contribution in [2.45, 2.75) is 70.4 Å². The summed E-state index contributed by atoms with van der Waals surface area (Å²) in [5.41, 5.74) is -0.388. The molecule has 4 heterocycles. The summed E-state index contributed by atoms with van der Waals surface area (Å²) in [5.74, 6) is -0.121. The van der Waals surface area contributed by atoms with Crippen molar-refractivity contribution in [3.63, 3.8) is 0 Å². The Hall–Kier alpha value is -1.67. The quantitative estimate of drug-likeness (QED) is 0.763. The minimum Gasteiger partial charge on any atom is -0.478 e. The Balaban J connectivity index is 1.44. The van der Waals surface area contributed by atoms with E-state index in [1.165, 1.54) is 12.1 Å². The number of aromatic carboxylic acids is 1. The van der Waals surface area contributed by atoms with Gasteiger partial charge in [-0.05, 0) is 62.3 Å². The second kappa shape index (κ2) is 6.67. The second-order valence-corrected chi connectivity index (χ2v) is 9.22. The summed E-state index contributed by atoms with van der Waals surface area (Å²) in [5, 5.41) is 9.09. The number of carboxylic acids is 1. The van der Waals surface area contributed by atoms with Crippen LogP contribution in [0.1, 0.15) is 56.8 Å². The number of rotatable bonds is 3. The lowest BCUT2D eigenvalue weighted by molar-refractivity contribution is -0.575. The van der Waals surface area contributed by atoms with Crippen molar-refractivity contribution in [2.24, 2.45) is 23.7 Å². The molecule has 1 aromatic rings. The van der Waals surface area contributed by atoms with Gasteiger partial charge in [-0.15, -0.1) is 0 Å². The first kappa shape index (κ1) is 19.3. The lowest BCUT2D eigenvalue weighted by Crippen LogP contribution is -2.70. The molecule has 4 saturated heterocycles. The van der Waals surface area contributed by atoms with E-state index < -0.39 is 29.9 Å². The average Bonchev–Trinajstić information content (AvgIpc) is 2.92. The van der Waals surface area contributed by atoms with Crippen molar-refractivity contribution >= 4 is 5.97 Å². The van der Waals surface area contributed by atoms with Gasteiger partial charge in [-0.25, -0.2) is 14.6 Å². The fraction of sp³-hybridized carbons (Fsp3) is 0.682. The van der Waals surface area contributed by atoms with E-state index in [9.17, 15) is 4.79 Å². The molecule has 1 N–H and O–H groups in total. The predicted octanol–water partition coefficient (Wildman–Crippen LogP) is 3.97. The highest BCUT2D eigenvalue weighted by Gasteiger charge is 2.69. The number of hydrogen-bond donors (Lipinski definition) is 1. The molecule has 6 rings (SSSR count). The van der Waals surface area contributed by atoms with Crippen LogP contribution in [0, 0.1) is 23.7 Å². The molecule has 1 spiro atoms. The Bertz CT molecular complexity index is 795. The van der Waals surface area contributed by atoms with E-state index in [1.807, 2.05) is 6.92 Å². The summed E-state index contributed by atoms with van der Waals surface area (Å²) in [6.07, 6.45) is 2.83. The van der Waals surface area contributed by atoms with Crippen LogP contribution < -0.4 is 4.74 Å². The number of benzene rings is 1. The third-order valence-electron chi connectivity index (χ3n) is 7.45. The molecule has 4 aliphatic heterocycles. The minimum absolute atomic E-state index is 0.0649. The summed E-state index contributed by atoms with van der Waals surface area (Å²) in [7, 11) is 0. The van der Waals surface area contributed by atoms with Gasteiger partial charge >= 0.3 is 5.97 Å². The van der Waals surface area contributed by atoms with Crippen LogP contribution in [0.3, 0.4) is 0 Å². The first-order chi connectivity index (χ1) is 13.8. The fourth-order valence-corrected chi connectivity index (χ4v) is 5.82. The van der Waals surface area contributed by atoms with E-state index >= 15 is 0 Å². The van der Waals surface area contributed by atoms with Crippen LogP contribution in [0.25, 0.3) is 0 Å². The van der Waals surface area contributed by atoms with Crippen molar-refractivity contribution in [1.29, 1.82) is 0 Å². The first-order valence-corrected chi connectivity index (χ1v) is 10.5. The standard InChI is InChI=1S/C22H28O7/c1-12-4-9-17-13(2)19(25-15-7-5-14(6-8-15)18(23)24)26-20-22(17)16(12)10-11-21(3,27-20)28-29-22/h5-8,12-13,16-17,19-20H,4,9-11H2,1-3H3,(H,23,24)/t12-,13-,16+,17?,19?,20-,21-,22?/m1/s1. The van der Waals surface area contributed by atoms with E-state index in [0.717, 1.165) is 25.7 Å². The Morgan fingerprint density at radius 1 is 1.10 bits per heavy atom. The summed E-state index contributed by atoms with van der Waals surface area (Å²) in [4.78, 5) is 23.0. The van der Waals surface area contributed by atoms with Gasteiger partial charge in [0.1, 0.15) is 5.75 Å². The van der Waals surface area contributed by atoms with Crippen molar-refractivity contribution in [3.8, 4) is 5.75 Å². The number of hydrogen-bond acceptors (Lipinski definition) is 6. The number of ether oxygens (including phenoxy) is 3. The molecule has 1 saturated carbocycles. The van der Waals surface area contributed by atoms with E-state index in [0.29, 0.717) is 17.6 Å². The van der Waals surface area contributed by atoms with Gasteiger partial charge in [0.2, 0.25) is 12.1 Å². The number of carboxylic acid groups (broad SMARTS) is 1. The van der Waals surface area contributed by atoms with Crippen LogP contribution in [-0.2, 0) is 19.2 Å². The SMILES string of the molecule is C[C@H]1C(Oc2ccc(C(=O)O)cc2)O[C@@H]2O[C@@]3(C)CC[C@H]4[C@H](C)CCC1C24OO3. The van der Waals surface area contributed by atoms with Gasteiger partial charge < -0.3 is 19.3 Å². The lowest BCUT2D eigenvalue weighted by Gasteiger charge is -2.60. The van der Waals surface area contributed by atoms with E-state index in [2.05, 4.69) is 13.8 Å². The van der Waals surface area contributed by atoms with Crippen LogP contribution >= 0.6 is 0 Å². The maximum Gasteiger partial charge on any atom is 0.335 e. The Morgan fingerprint density at radius 2 is 1.86 bits per heavy atom. The van der Waals surface area contributed by atoms with Crippen LogP contribution in [0.5, 0.6) is 5.75 Å². The van der Waals surface area contributed by atoms with Gasteiger partial charge in [0.25, 0.3) is 0 Å². The molecule has 5 aliphatic rings. The number of carbonyl (C=O) groups is 1. The highest BCUT2D eigenvalue weighted by atomic mass is 17.3. The molecule has 0 aromatic heterocycles. The smallest absolute Gasteiger partial charge is 0.335 e. The Kier molecular flexibility index (Phi) is 4.44. The highest BCUT2D eigenvalue weighted by molar-refractivity contribution is 5.87. The zero-order chi connectivity index (χ0) is 20.4. The summed E-state index contributed by atoms with van der Waals surface area (Å²) >= 11 is 0. The Labute approximate surface area is 170 Å². The second-order valence-electron chi connectivity index (χ2n) is 9.22. The molecule has 1 aliphatic carbocycles. The molecule has 3 unspecified atom stereocenters. The molecule has 1 aromatic carbocycles. The normalized spacial score (nSPS) is 45.9. The first-order valence-electron chi connectivity index (χ1n) is 10.5. The fourth-order valence-electron chi connectivity index (χ4n) is 5.82. The van der Waals surface area contributed by atoms with E-state index in [-0.39, 0.29) is 17.4 Å². The van der Waals surface area contributed by atoms with Gasteiger partial charge in [-0.3, -0.25) is 0 Å². The zero-order valence-corrected chi connectivity index (χ0v) is 17.0. The van der Waals surface area contributed by atoms with Gasteiger partial charge in [-0.2, -0.15) is 0 Å². The van der Waals surface area contributed by atoms with Crippen molar-refractivity contribution in [3.05, 3.63) is 29.8 Å². The van der Waals surface area contributed by atoms with Crippen molar-refractivity contribution in [2.75, 3.05) is 0 Å². The average molecular weight is 404 g/mol. The van der Waals surface area contributed by atoms with Crippen LogP contribution in [0.2, 0.25) is 0 Å². The molecule has 8 atom stereocenters. The molecular weight excluding hydrogens is 376 g/mol. The van der Waals surface area contributed by atoms with Crippen LogP contribution in [0.4, 0.5) is 0 Å². The minimum atomic E-state index is -0.962. The third-order valence-corrected chi connectivity index (χ3v) is 7.45. The molecule has 7 nitrogen and oxygen atoms in total. The highest BCUT2D eigenvalue weighted by Crippen LogP contribution is 2.60. The maximum atomic E-state index is 11.1. The zero-order valence-electron chi connectivity index (χ0n) is 17.0. The molecule has 2 bridgehead atoms. The largest absolute Gasteiger partial charge is 0.478 e. The third kappa shape index (κ3) is 2.90. The van der Waals surface area contributed by atoms with Crippen LogP contribution in [0.15, 0.2) is 24.3 Å². The summed E-state index contributed by atoms with van der Waals surface area (Å²) < 4.78 is 18.8. The van der Waals surface area contributed by atoms with E-state index in [1.54, 1.807) is 12.1 Å². The van der Waals surface area contributed by atoms with Gasteiger partial charge in [0.15, 0.2) is 11.9 Å². The molecule has 0 radical (unpaired) electrons. The molecule has 158 valence electrons. The topological polar surface area (TPSA) is 83.5 Å². The van der Waals surface area contributed by atoms with Gasteiger partial charge in [0, 0.05) is 18.3 Å².